The van der Waals surface area contributed by atoms with E-state index < -0.39 is 17.2 Å². The molecular formula is C11H14N4O4. The van der Waals surface area contributed by atoms with Crippen LogP contribution in [-0.2, 0) is 18.4 Å². The van der Waals surface area contributed by atoms with E-state index in [1.54, 1.807) is 7.05 Å². The highest BCUT2D eigenvalue weighted by Gasteiger charge is 2.12. The molecular weight excluding hydrogens is 252 g/mol. The van der Waals surface area contributed by atoms with Crippen molar-refractivity contribution in [2.75, 3.05) is 0 Å². The van der Waals surface area contributed by atoms with Crippen LogP contribution in [0.2, 0.25) is 0 Å². The summed E-state index contributed by atoms with van der Waals surface area (Å²) in [5.41, 5.74) is -0.275. The molecule has 0 radical (unpaired) electrons. The molecule has 2 N–H and O–H groups in total. The molecule has 0 atom stereocenters. The first kappa shape index (κ1) is 13.1. The summed E-state index contributed by atoms with van der Waals surface area (Å²) >= 11 is 0. The number of aromatic nitrogens is 4. The molecule has 2 heterocycles. The quantitative estimate of drug-likeness (QED) is 0.720. The standard InChI is InChI=1S/C11H14N4O4/c1-14-9-8(12-6-13-9)10(18)15(11(14)19)5-3-2-4-7(16)17/h6H,2-5H2,1H3,(H,12,13)(H,16,17). The van der Waals surface area contributed by atoms with Crippen molar-refractivity contribution >= 4 is 17.1 Å². The molecule has 8 nitrogen and oxygen atoms in total. The lowest BCUT2D eigenvalue weighted by Crippen LogP contribution is -2.39. The van der Waals surface area contributed by atoms with Gasteiger partial charge in [0, 0.05) is 20.0 Å². The highest BCUT2D eigenvalue weighted by atomic mass is 16.4. The minimum atomic E-state index is -0.885. The summed E-state index contributed by atoms with van der Waals surface area (Å²) in [6.07, 6.45) is 2.27. The molecule has 0 saturated heterocycles. The molecule has 102 valence electrons. The fourth-order valence-corrected chi connectivity index (χ4v) is 1.94. The van der Waals surface area contributed by atoms with E-state index in [1.165, 1.54) is 10.9 Å². The third-order valence-electron chi connectivity index (χ3n) is 2.94. The van der Waals surface area contributed by atoms with Gasteiger partial charge in [0.2, 0.25) is 0 Å². The van der Waals surface area contributed by atoms with Gasteiger partial charge in [-0.3, -0.25) is 18.7 Å². The van der Waals surface area contributed by atoms with E-state index in [0.29, 0.717) is 18.5 Å². The third-order valence-corrected chi connectivity index (χ3v) is 2.94. The van der Waals surface area contributed by atoms with Gasteiger partial charge >= 0.3 is 11.7 Å². The second-order valence-electron chi connectivity index (χ2n) is 4.25. The normalized spacial score (nSPS) is 11.0. The Kier molecular flexibility index (Phi) is 3.50. The Balaban J connectivity index is 2.30. The number of imidazole rings is 1. The molecule has 0 aliphatic rings. The number of unbranched alkanes of at least 4 members (excludes halogenated alkanes) is 1. The molecule has 0 aliphatic heterocycles. The Labute approximate surface area is 107 Å². The van der Waals surface area contributed by atoms with Crippen molar-refractivity contribution in [1.82, 2.24) is 19.1 Å². The number of aliphatic carboxylic acids is 1. The predicted molar refractivity (Wildman–Crippen MR) is 67.1 cm³/mol. The van der Waals surface area contributed by atoms with Gasteiger partial charge in [-0.05, 0) is 12.8 Å². The molecule has 0 amide bonds. The van der Waals surface area contributed by atoms with Crippen molar-refractivity contribution in [3.63, 3.8) is 0 Å². The molecule has 0 aliphatic carbocycles. The molecule has 0 unspecified atom stereocenters. The summed E-state index contributed by atoms with van der Waals surface area (Å²) < 4.78 is 2.40. The Hall–Kier alpha value is -2.38. The van der Waals surface area contributed by atoms with Crippen LogP contribution >= 0.6 is 0 Å². The van der Waals surface area contributed by atoms with Gasteiger partial charge in [-0.1, -0.05) is 0 Å². The lowest BCUT2D eigenvalue weighted by Gasteiger charge is -2.07. The molecule has 0 fully saturated rings. The van der Waals surface area contributed by atoms with E-state index >= 15 is 0 Å². The van der Waals surface area contributed by atoms with Crippen molar-refractivity contribution in [2.24, 2.45) is 7.05 Å². The van der Waals surface area contributed by atoms with Crippen LogP contribution in [0.25, 0.3) is 11.2 Å². The first-order valence-corrected chi connectivity index (χ1v) is 5.87. The molecule has 0 aromatic carbocycles. The summed E-state index contributed by atoms with van der Waals surface area (Å²) in [7, 11) is 1.54. The second-order valence-corrected chi connectivity index (χ2v) is 4.25. The van der Waals surface area contributed by atoms with Crippen molar-refractivity contribution in [1.29, 1.82) is 0 Å². The molecule has 2 rings (SSSR count). The number of fused-ring (bicyclic) bond motifs is 1. The summed E-state index contributed by atoms with van der Waals surface area (Å²) in [5, 5.41) is 8.53. The summed E-state index contributed by atoms with van der Waals surface area (Å²) in [4.78, 5) is 41.1. The van der Waals surface area contributed by atoms with Crippen LogP contribution in [0.15, 0.2) is 15.9 Å². The largest absolute Gasteiger partial charge is 0.481 e. The van der Waals surface area contributed by atoms with E-state index in [-0.39, 0.29) is 18.5 Å². The van der Waals surface area contributed by atoms with Crippen molar-refractivity contribution in [3.8, 4) is 0 Å². The van der Waals surface area contributed by atoms with E-state index in [1.807, 2.05) is 0 Å². The minimum Gasteiger partial charge on any atom is -0.481 e. The molecule has 8 heteroatoms. The number of hydrogen-bond acceptors (Lipinski definition) is 4. The average molecular weight is 266 g/mol. The maximum Gasteiger partial charge on any atom is 0.332 e. The van der Waals surface area contributed by atoms with Crippen LogP contribution < -0.4 is 11.2 Å². The molecule has 19 heavy (non-hydrogen) atoms. The molecule has 0 spiro atoms. The number of nitrogens with zero attached hydrogens (tertiary/aromatic N) is 3. The van der Waals surface area contributed by atoms with Crippen LogP contribution in [0.3, 0.4) is 0 Å². The summed E-state index contributed by atoms with van der Waals surface area (Å²) in [5.74, 6) is -0.885. The predicted octanol–water partition coefficient (Wildman–Crippen LogP) is -0.322. The number of aromatic amines is 1. The van der Waals surface area contributed by atoms with Crippen LogP contribution in [0, 0.1) is 0 Å². The highest BCUT2D eigenvalue weighted by molar-refractivity contribution is 5.68. The topological polar surface area (TPSA) is 110 Å². The first-order chi connectivity index (χ1) is 9.02. The number of carboxylic acids is 1. The van der Waals surface area contributed by atoms with Crippen LogP contribution in [0.5, 0.6) is 0 Å². The zero-order valence-corrected chi connectivity index (χ0v) is 10.4. The molecule has 2 aromatic rings. The molecule has 0 bridgehead atoms. The summed E-state index contributed by atoms with van der Waals surface area (Å²) in [6, 6.07) is 0. The Morgan fingerprint density at radius 2 is 2.16 bits per heavy atom. The average Bonchev–Trinajstić information content (AvgIpc) is 2.84. The van der Waals surface area contributed by atoms with Gasteiger partial charge in [0.1, 0.15) is 5.52 Å². The number of nitrogens with one attached hydrogen (secondary N) is 1. The zero-order chi connectivity index (χ0) is 14.0. The Morgan fingerprint density at radius 1 is 1.42 bits per heavy atom. The monoisotopic (exact) mass is 266 g/mol. The first-order valence-electron chi connectivity index (χ1n) is 5.87. The van der Waals surface area contributed by atoms with Crippen LogP contribution in [0.1, 0.15) is 19.3 Å². The third kappa shape index (κ3) is 2.42. The van der Waals surface area contributed by atoms with E-state index in [2.05, 4.69) is 9.97 Å². The number of carboxylic acid groups (broad SMARTS) is 1. The number of rotatable bonds is 5. The second kappa shape index (κ2) is 5.09. The van der Waals surface area contributed by atoms with E-state index in [4.69, 9.17) is 5.11 Å². The Morgan fingerprint density at radius 3 is 2.84 bits per heavy atom. The van der Waals surface area contributed by atoms with Gasteiger partial charge in [0.25, 0.3) is 5.56 Å². The van der Waals surface area contributed by atoms with Gasteiger partial charge in [-0.2, -0.15) is 0 Å². The smallest absolute Gasteiger partial charge is 0.332 e. The van der Waals surface area contributed by atoms with E-state index in [9.17, 15) is 14.4 Å². The number of carbonyl (C=O) groups is 1. The van der Waals surface area contributed by atoms with Crippen molar-refractivity contribution in [2.45, 2.75) is 25.8 Å². The highest BCUT2D eigenvalue weighted by Crippen LogP contribution is 2.01. The van der Waals surface area contributed by atoms with Gasteiger partial charge in [0.05, 0.1) is 6.33 Å². The number of H-pyrrole nitrogens is 1. The van der Waals surface area contributed by atoms with Gasteiger partial charge in [0.15, 0.2) is 5.65 Å². The molecule has 2 aromatic heterocycles. The van der Waals surface area contributed by atoms with Crippen molar-refractivity contribution in [3.05, 3.63) is 27.2 Å². The summed E-state index contributed by atoms with van der Waals surface area (Å²) in [6.45, 7) is 0.202. The Bertz CT molecular complexity index is 724. The van der Waals surface area contributed by atoms with Gasteiger partial charge in [-0.25, -0.2) is 9.78 Å². The lowest BCUT2D eigenvalue weighted by atomic mass is 10.2. The van der Waals surface area contributed by atoms with Gasteiger partial charge < -0.3 is 10.1 Å². The maximum absolute atomic E-state index is 12.1. The van der Waals surface area contributed by atoms with Crippen molar-refractivity contribution < 1.29 is 9.90 Å². The maximum atomic E-state index is 12.1. The fourth-order valence-electron chi connectivity index (χ4n) is 1.94. The minimum absolute atomic E-state index is 0.0291. The van der Waals surface area contributed by atoms with E-state index in [0.717, 1.165) is 4.57 Å². The fraction of sp³-hybridized carbons (Fsp3) is 0.455. The van der Waals surface area contributed by atoms with Crippen LogP contribution in [-0.4, -0.2) is 30.2 Å². The van der Waals surface area contributed by atoms with Gasteiger partial charge in [-0.15, -0.1) is 0 Å². The SMILES string of the molecule is Cn1c(=O)n(CCCCC(=O)O)c(=O)c2[nH]cnc21. The van der Waals surface area contributed by atoms with Crippen LogP contribution in [0.4, 0.5) is 0 Å². The number of aryl methyl sites for hydroxylation is 1. The number of hydrogen-bond donors (Lipinski definition) is 2. The molecule has 0 saturated carbocycles. The lowest BCUT2D eigenvalue weighted by molar-refractivity contribution is -0.137. The zero-order valence-electron chi connectivity index (χ0n) is 10.4.